The molecule has 172 valence electrons. The second-order valence-electron chi connectivity index (χ2n) is 8.11. The van der Waals surface area contributed by atoms with Gasteiger partial charge in [-0.15, -0.1) is 0 Å². The summed E-state index contributed by atoms with van der Waals surface area (Å²) in [5, 5.41) is 2.63. The number of hydrogen-bond acceptors (Lipinski definition) is 5. The number of rotatable bonds is 6. The Morgan fingerprint density at radius 1 is 1.12 bits per heavy atom. The van der Waals surface area contributed by atoms with Gasteiger partial charge in [0.2, 0.25) is 11.8 Å². The van der Waals surface area contributed by atoms with Gasteiger partial charge < -0.3 is 15.0 Å². The molecule has 2 atom stereocenters. The Morgan fingerprint density at radius 2 is 1.82 bits per heavy atom. The number of anilines is 2. The number of benzene rings is 2. The number of hydrogen-bond donors (Lipinski definition) is 1. The van der Waals surface area contributed by atoms with Crippen molar-refractivity contribution >= 4 is 35.0 Å². The van der Waals surface area contributed by atoms with Gasteiger partial charge in [-0.05, 0) is 61.4 Å². The summed E-state index contributed by atoms with van der Waals surface area (Å²) in [6, 6.07) is 10.4. The van der Waals surface area contributed by atoms with Crippen LogP contribution in [0.3, 0.4) is 0 Å². The van der Waals surface area contributed by atoms with Gasteiger partial charge in [0.1, 0.15) is 11.9 Å². The molecule has 2 aliphatic heterocycles. The van der Waals surface area contributed by atoms with Gasteiger partial charge in [-0.1, -0.05) is 0 Å². The molecule has 8 nitrogen and oxygen atoms in total. The van der Waals surface area contributed by atoms with E-state index in [1.54, 1.807) is 24.3 Å². The lowest BCUT2D eigenvalue weighted by Crippen LogP contribution is -2.48. The van der Waals surface area contributed by atoms with Crippen molar-refractivity contribution in [1.82, 2.24) is 4.90 Å². The van der Waals surface area contributed by atoms with E-state index in [9.17, 15) is 23.6 Å². The van der Waals surface area contributed by atoms with Crippen LogP contribution in [0.1, 0.15) is 36.5 Å². The van der Waals surface area contributed by atoms with Gasteiger partial charge in [0.25, 0.3) is 11.8 Å². The lowest BCUT2D eigenvalue weighted by atomic mass is 10.1. The van der Waals surface area contributed by atoms with Crippen molar-refractivity contribution in [3.8, 4) is 0 Å². The number of halogens is 1. The number of amides is 4. The lowest BCUT2D eigenvalue weighted by Gasteiger charge is -2.30. The Labute approximate surface area is 190 Å². The minimum atomic E-state index is -0.991. The number of carbonyl (C=O) groups excluding carboxylic acids is 4. The molecule has 0 spiro atoms. The summed E-state index contributed by atoms with van der Waals surface area (Å²) >= 11 is 0. The van der Waals surface area contributed by atoms with Gasteiger partial charge in [-0.25, -0.2) is 9.29 Å². The van der Waals surface area contributed by atoms with Crippen LogP contribution in [0, 0.1) is 5.82 Å². The minimum absolute atomic E-state index is 0.161. The van der Waals surface area contributed by atoms with E-state index in [1.165, 1.54) is 36.1 Å². The summed E-state index contributed by atoms with van der Waals surface area (Å²) < 4.78 is 19.0. The molecule has 0 radical (unpaired) electrons. The Balaban J connectivity index is 1.59. The molecule has 2 aromatic carbocycles. The van der Waals surface area contributed by atoms with E-state index in [0.29, 0.717) is 18.0 Å². The van der Waals surface area contributed by atoms with Crippen LogP contribution in [-0.2, 0) is 19.1 Å². The molecule has 0 aromatic heterocycles. The van der Waals surface area contributed by atoms with E-state index in [-0.39, 0.29) is 30.5 Å². The Hall–Kier alpha value is -3.59. The van der Waals surface area contributed by atoms with Crippen molar-refractivity contribution in [2.24, 2.45) is 0 Å². The van der Waals surface area contributed by atoms with Crippen molar-refractivity contribution in [3.05, 3.63) is 59.9 Å². The molecule has 2 aromatic rings. The van der Waals surface area contributed by atoms with Crippen LogP contribution in [0.5, 0.6) is 0 Å². The maximum absolute atomic E-state index is 13.4. The van der Waals surface area contributed by atoms with Crippen molar-refractivity contribution in [3.63, 3.8) is 0 Å². The molecule has 1 N–H and O–H groups in total. The fourth-order valence-corrected chi connectivity index (χ4v) is 4.15. The average molecular weight is 453 g/mol. The summed E-state index contributed by atoms with van der Waals surface area (Å²) in [7, 11) is 0. The van der Waals surface area contributed by atoms with Gasteiger partial charge in [0.15, 0.2) is 0 Å². The van der Waals surface area contributed by atoms with E-state index in [2.05, 4.69) is 5.32 Å². The summed E-state index contributed by atoms with van der Waals surface area (Å²) in [5.41, 5.74) is 1.12. The monoisotopic (exact) mass is 453 g/mol. The number of imide groups is 1. The third-order valence-corrected chi connectivity index (χ3v) is 5.72. The van der Waals surface area contributed by atoms with E-state index in [1.807, 2.05) is 0 Å². The molecule has 2 saturated heterocycles. The highest BCUT2D eigenvalue weighted by Crippen LogP contribution is 2.29. The highest BCUT2D eigenvalue weighted by atomic mass is 19.1. The molecular formula is C24H24FN3O5. The molecule has 2 fully saturated rings. The van der Waals surface area contributed by atoms with Gasteiger partial charge >= 0.3 is 0 Å². The zero-order valence-electron chi connectivity index (χ0n) is 18.1. The molecule has 9 heteroatoms. The van der Waals surface area contributed by atoms with E-state index in [4.69, 9.17) is 4.74 Å². The fourth-order valence-electron chi connectivity index (χ4n) is 4.15. The molecule has 0 aliphatic carbocycles. The topological polar surface area (TPSA) is 96.0 Å². The number of nitrogens with one attached hydrogen (secondary N) is 1. The first-order chi connectivity index (χ1) is 15.8. The van der Waals surface area contributed by atoms with E-state index < -0.39 is 29.6 Å². The zero-order valence-corrected chi connectivity index (χ0v) is 18.1. The molecular weight excluding hydrogens is 429 g/mol. The van der Waals surface area contributed by atoms with Crippen molar-refractivity contribution in [2.45, 2.75) is 38.3 Å². The zero-order chi connectivity index (χ0) is 23.5. The predicted molar refractivity (Wildman–Crippen MR) is 118 cm³/mol. The van der Waals surface area contributed by atoms with Crippen LogP contribution in [0.2, 0.25) is 0 Å². The first-order valence-electron chi connectivity index (χ1n) is 10.8. The first-order valence-corrected chi connectivity index (χ1v) is 10.8. The number of ether oxygens (including phenoxy) is 1. The van der Waals surface area contributed by atoms with Crippen LogP contribution in [0.25, 0.3) is 0 Å². The number of nitrogens with zero attached hydrogens (tertiary/aromatic N) is 2. The largest absolute Gasteiger partial charge is 0.376 e. The standard InChI is InChI=1S/C24H24FN3O5/c1-15(29)26-18-8-10-19(11-9-18)28-22(30)13-21(24(28)32)27(14-20-3-2-12-33-20)23(31)16-4-6-17(25)7-5-16/h4-11,20-21H,2-3,12-14H2,1H3,(H,26,29). The second-order valence-corrected chi connectivity index (χ2v) is 8.11. The molecule has 0 saturated carbocycles. The van der Waals surface area contributed by atoms with Crippen molar-refractivity contribution in [1.29, 1.82) is 0 Å². The first kappa shape index (κ1) is 22.6. The predicted octanol–water partition coefficient (Wildman–Crippen LogP) is 2.74. The summed E-state index contributed by atoms with van der Waals surface area (Å²) in [6.07, 6.45) is 1.21. The second kappa shape index (κ2) is 9.50. The molecule has 0 bridgehead atoms. The summed E-state index contributed by atoms with van der Waals surface area (Å²) in [5.74, 6) is -2.11. The van der Waals surface area contributed by atoms with Crippen molar-refractivity contribution in [2.75, 3.05) is 23.4 Å². The van der Waals surface area contributed by atoms with Crippen LogP contribution < -0.4 is 10.2 Å². The SMILES string of the molecule is CC(=O)Nc1ccc(N2C(=O)CC(N(CC3CCCO3)C(=O)c3ccc(F)cc3)C2=O)cc1. The van der Waals surface area contributed by atoms with Gasteiger partial charge in [-0.3, -0.25) is 19.2 Å². The molecule has 33 heavy (non-hydrogen) atoms. The van der Waals surface area contributed by atoms with Crippen LogP contribution in [0.4, 0.5) is 15.8 Å². The average Bonchev–Trinajstić information content (AvgIpc) is 3.40. The normalized spacial score (nSPS) is 20.2. The van der Waals surface area contributed by atoms with E-state index in [0.717, 1.165) is 17.7 Å². The smallest absolute Gasteiger partial charge is 0.257 e. The van der Waals surface area contributed by atoms with Crippen molar-refractivity contribution < 1.29 is 28.3 Å². The minimum Gasteiger partial charge on any atom is -0.376 e. The van der Waals surface area contributed by atoms with Crippen LogP contribution in [-0.4, -0.2) is 53.8 Å². The highest BCUT2D eigenvalue weighted by molar-refractivity contribution is 6.23. The molecule has 2 aliphatic rings. The quantitative estimate of drug-likeness (QED) is 0.679. The Bertz CT molecular complexity index is 1060. The Morgan fingerprint density at radius 3 is 2.42 bits per heavy atom. The molecule has 2 heterocycles. The van der Waals surface area contributed by atoms with Gasteiger partial charge in [-0.2, -0.15) is 0 Å². The van der Waals surface area contributed by atoms with Gasteiger partial charge in [0.05, 0.1) is 18.2 Å². The fraction of sp³-hybridized carbons (Fsp3) is 0.333. The van der Waals surface area contributed by atoms with Crippen LogP contribution in [0.15, 0.2) is 48.5 Å². The van der Waals surface area contributed by atoms with Crippen LogP contribution >= 0.6 is 0 Å². The third kappa shape index (κ3) is 4.93. The molecule has 2 unspecified atom stereocenters. The Kier molecular flexibility index (Phi) is 6.50. The maximum atomic E-state index is 13.4. The maximum Gasteiger partial charge on any atom is 0.257 e. The number of carbonyl (C=O) groups is 4. The molecule has 4 rings (SSSR count). The van der Waals surface area contributed by atoms with Gasteiger partial charge in [0, 0.05) is 31.3 Å². The summed E-state index contributed by atoms with van der Waals surface area (Å²) in [6.45, 7) is 2.12. The lowest BCUT2D eigenvalue weighted by molar-refractivity contribution is -0.123. The molecule has 4 amide bonds. The highest BCUT2D eigenvalue weighted by Gasteiger charge is 2.45. The third-order valence-electron chi connectivity index (χ3n) is 5.72. The summed E-state index contributed by atoms with van der Waals surface area (Å²) in [4.78, 5) is 53.1. The van der Waals surface area contributed by atoms with E-state index >= 15 is 0 Å².